The van der Waals surface area contributed by atoms with E-state index in [-0.39, 0.29) is 5.82 Å². The predicted octanol–water partition coefficient (Wildman–Crippen LogP) is 4.10. The fourth-order valence-corrected chi connectivity index (χ4v) is 4.21. The van der Waals surface area contributed by atoms with E-state index in [2.05, 4.69) is 16.1 Å². The minimum atomic E-state index is -0.306. The molecule has 1 aliphatic heterocycles. The van der Waals surface area contributed by atoms with E-state index in [1.165, 1.54) is 12.1 Å². The maximum atomic E-state index is 13.4. The molecule has 3 heterocycles. The molecule has 1 saturated heterocycles. The van der Waals surface area contributed by atoms with Gasteiger partial charge in [-0.15, -0.1) is 0 Å². The third kappa shape index (κ3) is 3.51. The SMILES string of the molecule is N#Cc1ccc2ccn(OCCN3CCC(c4noc5cc(F)ccc45)CC3)c2c1. The van der Waals surface area contributed by atoms with E-state index in [1.807, 2.05) is 30.5 Å². The molecule has 0 unspecified atom stereocenters. The van der Waals surface area contributed by atoms with Gasteiger partial charge in [0.2, 0.25) is 0 Å². The average molecular weight is 404 g/mol. The largest absolute Gasteiger partial charge is 0.412 e. The van der Waals surface area contributed by atoms with Gasteiger partial charge in [0, 0.05) is 35.5 Å². The lowest BCUT2D eigenvalue weighted by Crippen LogP contribution is -2.36. The van der Waals surface area contributed by atoms with Gasteiger partial charge in [-0.25, -0.2) is 4.39 Å². The summed E-state index contributed by atoms with van der Waals surface area (Å²) in [6.07, 6.45) is 3.85. The Bertz CT molecular complexity index is 1230. The van der Waals surface area contributed by atoms with Crippen LogP contribution in [0.2, 0.25) is 0 Å². The second-order valence-corrected chi connectivity index (χ2v) is 7.68. The summed E-state index contributed by atoms with van der Waals surface area (Å²) in [4.78, 5) is 8.31. The maximum absolute atomic E-state index is 13.4. The van der Waals surface area contributed by atoms with Crippen molar-refractivity contribution in [1.82, 2.24) is 14.8 Å². The standard InChI is InChI=1S/C23H21FN4O2/c24-19-3-4-20-22(14-19)30-26-23(20)18-5-8-27(9-6-18)11-12-29-28-10-7-17-2-1-16(15-25)13-21(17)28/h1-4,7,10,13-14,18H,5-6,8-9,11-12H2. The molecule has 4 aromatic rings. The number of rotatable bonds is 5. The van der Waals surface area contributed by atoms with Crippen LogP contribution in [0.15, 0.2) is 53.2 Å². The number of piperidine rings is 1. The number of aromatic nitrogens is 2. The molecule has 6 nitrogen and oxygen atoms in total. The molecule has 0 atom stereocenters. The maximum Gasteiger partial charge on any atom is 0.170 e. The second kappa shape index (κ2) is 7.81. The van der Waals surface area contributed by atoms with E-state index in [0.29, 0.717) is 23.7 Å². The third-order valence-corrected chi connectivity index (χ3v) is 5.86. The molecule has 0 radical (unpaired) electrons. The molecule has 2 aromatic carbocycles. The molecule has 0 aliphatic carbocycles. The van der Waals surface area contributed by atoms with Gasteiger partial charge in [0.05, 0.1) is 22.8 Å². The predicted molar refractivity (Wildman–Crippen MR) is 110 cm³/mol. The van der Waals surface area contributed by atoms with E-state index in [4.69, 9.17) is 14.6 Å². The summed E-state index contributed by atoms with van der Waals surface area (Å²) in [6, 6.07) is 14.3. The third-order valence-electron chi connectivity index (χ3n) is 5.86. The molecular formula is C23H21FN4O2. The van der Waals surface area contributed by atoms with Gasteiger partial charge >= 0.3 is 0 Å². The Balaban J connectivity index is 1.17. The number of nitrogens with zero attached hydrogens (tertiary/aromatic N) is 4. The van der Waals surface area contributed by atoms with Crippen molar-refractivity contribution in [2.24, 2.45) is 0 Å². The van der Waals surface area contributed by atoms with Crippen LogP contribution < -0.4 is 4.84 Å². The molecule has 0 saturated carbocycles. The number of hydrogen-bond acceptors (Lipinski definition) is 5. The zero-order chi connectivity index (χ0) is 20.5. The zero-order valence-electron chi connectivity index (χ0n) is 16.4. The van der Waals surface area contributed by atoms with Crippen LogP contribution in [-0.2, 0) is 0 Å². The first-order valence-electron chi connectivity index (χ1n) is 10.1. The smallest absolute Gasteiger partial charge is 0.170 e. The highest BCUT2D eigenvalue weighted by atomic mass is 19.1. The highest BCUT2D eigenvalue weighted by Gasteiger charge is 2.25. The minimum Gasteiger partial charge on any atom is -0.412 e. The van der Waals surface area contributed by atoms with Crippen molar-refractivity contribution in [3.63, 3.8) is 0 Å². The van der Waals surface area contributed by atoms with Gasteiger partial charge in [0.25, 0.3) is 0 Å². The normalized spacial score (nSPS) is 15.6. The number of likely N-dealkylation sites (tertiary alicyclic amines) is 1. The summed E-state index contributed by atoms with van der Waals surface area (Å²) in [5, 5.41) is 15.3. The lowest BCUT2D eigenvalue weighted by atomic mass is 9.91. The monoisotopic (exact) mass is 404 g/mol. The molecule has 30 heavy (non-hydrogen) atoms. The Labute approximate surface area is 173 Å². The Kier molecular flexibility index (Phi) is 4.85. The summed E-state index contributed by atoms with van der Waals surface area (Å²) >= 11 is 0. The first-order valence-corrected chi connectivity index (χ1v) is 10.1. The summed E-state index contributed by atoms with van der Waals surface area (Å²) in [5.41, 5.74) is 2.98. The minimum absolute atomic E-state index is 0.306. The van der Waals surface area contributed by atoms with Gasteiger partial charge < -0.3 is 9.36 Å². The fraction of sp³-hybridized carbons (Fsp3) is 0.304. The molecular weight excluding hydrogens is 383 g/mol. The van der Waals surface area contributed by atoms with Crippen molar-refractivity contribution in [3.8, 4) is 6.07 Å². The molecule has 0 spiro atoms. The molecule has 1 aliphatic rings. The quantitative estimate of drug-likeness (QED) is 0.501. The number of nitriles is 1. The van der Waals surface area contributed by atoms with Crippen molar-refractivity contribution < 1.29 is 13.8 Å². The Morgan fingerprint density at radius 3 is 2.87 bits per heavy atom. The highest BCUT2D eigenvalue weighted by molar-refractivity contribution is 5.81. The Morgan fingerprint density at radius 2 is 2.03 bits per heavy atom. The topological polar surface area (TPSA) is 67.2 Å². The number of hydrogen-bond donors (Lipinski definition) is 0. The molecule has 1 fully saturated rings. The lowest BCUT2D eigenvalue weighted by molar-refractivity contribution is 0.0851. The molecule has 5 rings (SSSR count). The van der Waals surface area contributed by atoms with Crippen LogP contribution in [0.3, 0.4) is 0 Å². The van der Waals surface area contributed by atoms with Crippen molar-refractivity contribution in [1.29, 1.82) is 5.26 Å². The van der Waals surface area contributed by atoms with Crippen LogP contribution in [0, 0.1) is 17.1 Å². The first-order chi connectivity index (χ1) is 14.7. The Hall–Kier alpha value is -3.37. The van der Waals surface area contributed by atoms with E-state index >= 15 is 0 Å². The average Bonchev–Trinajstić information content (AvgIpc) is 3.37. The van der Waals surface area contributed by atoms with Crippen LogP contribution in [0.5, 0.6) is 0 Å². The lowest BCUT2D eigenvalue weighted by Gasteiger charge is -2.30. The van der Waals surface area contributed by atoms with Crippen molar-refractivity contribution in [2.75, 3.05) is 26.2 Å². The fourth-order valence-electron chi connectivity index (χ4n) is 4.21. The molecule has 0 amide bonds. The summed E-state index contributed by atoms with van der Waals surface area (Å²) in [7, 11) is 0. The van der Waals surface area contributed by atoms with Gasteiger partial charge in [0.15, 0.2) is 5.58 Å². The van der Waals surface area contributed by atoms with E-state index in [1.54, 1.807) is 10.8 Å². The van der Waals surface area contributed by atoms with Gasteiger partial charge in [0.1, 0.15) is 12.4 Å². The number of halogens is 1. The van der Waals surface area contributed by atoms with Crippen molar-refractivity contribution in [2.45, 2.75) is 18.8 Å². The molecule has 2 aromatic heterocycles. The van der Waals surface area contributed by atoms with Crippen LogP contribution in [0.1, 0.15) is 30.0 Å². The summed E-state index contributed by atoms with van der Waals surface area (Å²) in [5.74, 6) is 0.0195. The van der Waals surface area contributed by atoms with Crippen LogP contribution in [0.4, 0.5) is 4.39 Å². The van der Waals surface area contributed by atoms with Gasteiger partial charge in [-0.05, 0) is 56.3 Å². The summed E-state index contributed by atoms with van der Waals surface area (Å²) < 4.78 is 20.4. The summed E-state index contributed by atoms with van der Waals surface area (Å²) in [6.45, 7) is 3.30. The van der Waals surface area contributed by atoms with Crippen molar-refractivity contribution >= 4 is 21.9 Å². The van der Waals surface area contributed by atoms with Crippen LogP contribution in [-0.4, -0.2) is 41.0 Å². The van der Waals surface area contributed by atoms with E-state index in [0.717, 1.165) is 54.5 Å². The highest BCUT2D eigenvalue weighted by Crippen LogP contribution is 2.32. The van der Waals surface area contributed by atoms with Gasteiger partial charge in [-0.2, -0.15) is 9.99 Å². The molecule has 0 bridgehead atoms. The van der Waals surface area contributed by atoms with Gasteiger partial charge in [-0.1, -0.05) is 11.2 Å². The van der Waals surface area contributed by atoms with Crippen molar-refractivity contribution in [3.05, 3.63) is 65.7 Å². The number of benzene rings is 2. The second-order valence-electron chi connectivity index (χ2n) is 7.68. The number of fused-ring (bicyclic) bond motifs is 2. The van der Waals surface area contributed by atoms with E-state index < -0.39 is 0 Å². The van der Waals surface area contributed by atoms with Gasteiger partial charge in [-0.3, -0.25) is 4.90 Å². The Morgan fingerprint density at radius 1 is 1.17 bits per heavy atom. The molecule has 152 valence electrons. The molecule has 0 N–H and O–H groups in total. The van der Waals surface area contributed by atoms with Crippen LogP contribution >= 0.6 is 0 Å². The van der Waals surface area contributed by atoms with E-state index in [9.17, 15) is 4.39 Å². The molecule has 7 heteroatoms. The zero-order valence-corrected chi connectivity index (χ0v) is 16.4. The first kappa shape index (κ1) is 18.6. The van der Waals surface area contributed by atoms with Crippen LogP contribution in [0.25, 0.3) is 21.9 Å².